The number of pyridine rings is 1. The molecule has 10 nitrogen and oxygen atoms in total. The summed E-state index contributed by atoms with van der Waals surface area (Å²) >= 11 is 0. The van der Waals surface area contributed by atoms with E-state index >= 15 is 0 Å². The van der Waals surface area contributed by atoms with Gasteiger partial charge < -0.3 is 21.4 Å². The summed E-state index contributed by atoms with van der Waals surface area (Å²) in [6, 6.07) is 16.5. The molecule has 1 aromatic carbocycles. The van der Waals surface area contributed by atoms with Gasteiger partial charge in [0.2, 0.25) is 5.95 Å². The van der Waals surface area contributed by atoms with E-state index in [4.69, 9.17) is 5.84 Å². The van der Waals surface area contributed by atoms with Crippen LogP contribution in [0.2, 0.25) is 0 Å². The first kappa shape index (κ1) is 26.9. The topological polar surface area (TPSA) is 166 Å². The van der Waals surface area contributed by atoms with Crippen LogP contribution in [0.5, 0.6) is 0 Å². The molecule has 0 bridgehead atoms. The number of anilines is 1. The number of rotatable bonds is 9. The quantitative estimate of drug-likeness (QED) is 0.193. The molecule has 4 rings (SSSR count). The Morgan fingerprint density at radius 2 is 1.92 bits per heavy atom. The lowest BCUT2D eigenvalue weighted by Crippen LogP contribution is -2.30. The predicted molar refractivity (Wildman–Crippen MR) is 146 cm³/mol. The highest BCUT2D eigenvalue weighted by Crippen LogP contribution is 2.37. The van der Waals surface area contributed by atoms with Crippen LogP contribution in [0.25, 0.3) is 11.3 Å². The number of nitrogens with one attached hydrogen (secondary N) is 1. The SMILES string of the molecule is CC(C)(O)CNc1nc(C(C=NCc2cccc(C3(O)CCCC3)n2)=NN)cc(-c2cccc(C#N)c2)n1. The number of aromatic nitrogens is 3. The van der Waals surface area contributed by atoms with Crippen molar-refractivity contribution in [1.29, 1.82) is 5.26 Å². The molecule has 0 saturated heterocycles. The average molecular weight is 513 g/mol. The highest BCUT2D eigenvalue weighted by Gasteiger charge is 2.34. The zero-order valence-electron chi connectivity index (χ0n) is 21.6. The standard InChI is InChI=1S/C28H32N8O2/c1-27(2,37)18-32-26-34-22(20-8-5-7-19(13-20)15-29)14-23(35-26)24(36-30)17-31-16-21-9-6-10-25(33-21)28(38)11-3-4-12-28/h5-10,13-14,17,37-38H,3-4,11-12,16,18,30H2,1-2H3,(H,32,34,35). The van der Waals surface area contributed by atoms with Crippen LogP contribution >= 0.6 is 0 Å². The highest BCUT2D eigenvalue weighted by molar-refractivity contribution is 6.37. The molecule has 0 spiro atoms. The van der Waals surface area contributed by atoms with Crippen molar-refractivity contribution in [3.8, 4) is 17.3 Å². The summed E-state index contributed by atoms with van der Waals surface area (Å²) in [7, 11) is 0. The van der Waals surface area contributed by atoms with Crippen LogP contribution in [0, 0.1) is 11.3 Å². The first-order valence-electron chi connectivity index (χ1n) is 12.5. The van der Waals surface area contributed by atoms with Crippen molar-refractivity contribution in [2.45, 2.75) is 57.3 Å². The minimum absolute atomic E-state index is 0.214. The van der Waals surface area contributed by atoms with Gasteiger partial charge in [0.05, 0.1) is 52.8 Å². The van der Waals surface area contributed by atoms with Gasteiger partial charge in [-0.1, -0.05) is 31.0 Å². The molecular formula is C28H32N8O2. The van der Waals surface area contributed by atoms with Gasteiger partial charge in [-0.25, -0.2) is 9.97 Å². The van der Waals surface area contributed by atoms with E-state index in [0.29, 0.717) is 41.2 Å². The van der Waals surface area contributed by atoms with Crippen LogP contribution in [0.15, 0.2) is 58.6 Å². The maximum Gasteiger partial charge on any atom is 0.223 e. The first-order chi connectivity index (χ1) is 18.2. The molecule has 10 heteroatoms. The zero-order valence-corrected chi connectivity index (χ0v) is 21.6. The normalized spacial score (nSPS) is 15.5. The molecule has 1 aliphatic carbocycles. The largest absolute Gasteiger partial charge is 0.389 e. The molecule has 0 aliphatic heterocycles. The third-order valence-corrected chi connectivity index (χ3v) is 6.28. The molecule has 5 N–H and O–H groups in total. The predicted octanol–water partition coefficient (Wildman–Crippen LogP) is 3.29. The van der Waals surface area contributed by atoms with Gasteiger partial charge in [-0.2, -0.15) is 10.4 Å². The Labute approximate surface area is 222 Å². The van der Waals surface area contributed by atoms with E-state index in [1.54, 1.807) is 38.1 Å². The number of hydrogen-bond acceptors (Lipinski definition) is 10. The Kier molecular flexibility index (Phi) is 8.10. The Hall–Kier alpha value is -4.20. The number of hydrazone groups is 1. The molecule has 3 aromatic rings. The van der Waals surface area contributed by atoms with Crippen molar-refractivity contribution in [2.75, 3.05) is 11.9 Å². The van der Waals surface area contributed by atoms with E-state index in [1.807, 2.05) is 24.3 Å². The molecule has 2 aromatic heterocycles. The maximum absolute atomic E-state index is 10.9. The average Bonchev–Trinajstić information content (AvgIpc) is 3.37. The molecule has 1 fully saturated rings. The van der Waals surface area contributed by atoms with Gasteiger partial charge in [0.15, 0.2) is 0 Å². The second-order valence-corrected chi connectivity index (χ2v) is 10.1. The van der Waals surface area contributed by atoms with Crippen LogP contribution < -0.4 is 11.2 Å². The van der Waals surface area contributed by atoms with Gasteiger partial charge in [0.1, 0.15) is 11.3 Å². The summed E-state index contributed by atoms with van der Waals surface area (Å²) < 4.78 is 0. The molecular weight excluding hydrogens is 480 g/mol. The van der Waals surface area contributed by atoms with Crippen molar-refractivity contribution in [3.63, 3.8) is 0 Å². The molecule has 196 valence electrons. The zero-order chi connectivity index (χ0) is 27.2. The summed E-state index contributed by atoms with van der Waals surface area (Å²) in [6.07, 6.45) is 4.94. The van der Waals surface area contributed by atoms with Crippen molar-refractivity contribution in [3.05, 3.63) is 71.2 Å². The second-order valence-electron chi connectivity index (χ2n) is 10.1. The van der Waals surface area contributed by atoms with Gasteiger partial charge in [0, 0.05) is 12.1 Å². The summed E-state index contributed by atoms with van der Waals surface area (Å²) in [5, 5.41) is 37.3. The number of nitrogens with two attached hydrogens (primary N) is 1. The van der Waals surface area contributed by atoms with Crippen molar-refractivity contribution < 1.29 is 10.2 Å². The minimum Gasteiger partial charge on any atom is -0.389 e. The third kappa shape index (κ3) is 6.76. The first-order valence-corrected chi connectivity index (χ1v) is 12.5. The van der Waals surface area contributed by atoms with Crippen molar-refractivity contribution >= 4 is 17.9 Å². The highest BCUT2D eigenvalue weighted by atomic mass is 16.3. The van der Waals surface area contributed by atoms with E-state index < -0.39 is 11.2 Å². The molecule has 38 heavy (non-hydrogen) atoms. The molecule has 0 amide bonds. The molecule has 2 heterocycles. The molecule has 0 radical (unpaired) electrons. The summed E-state index contributed by atoms with van der Waals surface area (Å²) in [5.41, 5.74) is 2.07. The third-order valence-electron chi connectivity index (χ3n) is 6.28. The van der Waals surface area contributed by atoms with E-state index in [-0.39, 0.29) is 19.0 Å². The van der Waals surface area contributed by atoms with E-state index in [9.17, 15) is 15.5 Å². The number of aliphatic hydroxyl groups is 2. The van der Waals surface area contributed by atoms with Crippen LogP contribution in [0.3, 0.4) is 0 Å². The number of benzene rings is 1. The fourth-order valence-electron chi connectivity index (χ4n) is 4.28. The van der Waals surface area contributed by atoms with Crippen LogP contribution in [0.1, 0.15) is 62.2 Å². The molecule has 1 saturated carbocycles. The van der Waals surface area contributed by atoms with E-state index in [1.165, 1.54) is 6.21 Å². The number of aliphatic imine (C=N–C) groups is 1. The van der Waals surface area contributed by atoms with Gasteiger partial charge >= 0.3 is 0 Å². The van der Waals surface area contributed by atoms with Crippen LogP contribution in [0.4, 0.5) is 5.95 Å². The van der Waals surface area contributed by atoms with Crippen LogP contribution in [-0.4, -0.2) is 49.2 Å². The fraction of sp³-hybridized carbons (Fsp3) is 0.357. The maximum atomic E-state index is 10.9. The summed E-state index contributed by atoms with van der Waals surface area (Å²) in [6.45, 7) is 3.84. The lowest BCUT2D eigenvalue weighted by Gasteiger charge is -2.21. The summed E-state index contributed by atoms with van der Waals surface area (Å²) in [4.78, 5) is 18.2. The second kappa shape index (κ2) is 11.5. The molecule has 1 aliphatic rings. The van der Waals surface area contributed by atoms with Gasteiger partial charge in [0.25, 0.3) is 0 Å². The van der Waals surface area contributed by atoms with E-state index in [0.717, 1.165) is 24.1 Å². The Bertz CT molecular complexity index is 1380. The Balaban J connectivity index is 1.60. The molecule has 0 unspecified atom stereocenters. The lowest BCUT2D eigenvalue weighted by molar-refractivity contribution is 0.0397. The van der Waals surface area contributed by atoms with Gasteiger partial charge in [-0.05, 0) is 57.0 Å². The minimum atomic E-state index is -0.986. The number of nitriles is 1. The van der Waals surface area contributed by atoms with Gasteiger partial charge in [-0.3, -0.25) is 9.98 Å². The van der Waals surface area contributed by atoms with Crippen molar-refractivity contribution in [1.82, 2.24) is 15.0 Å². The van der Waals surface area contributed by atoms with Crippen molar-refractivity contribution in [2.24, 2.45) is 15.9 Å². The fourth-order valence-corrected chi connectivity index (χ4v) is 4.28. The smallest absolute Gasteiger partial charge is 0.223 e. The van der Waals surface area contributed by atoms with Gasteiger partial charge in [-0.15, -0.1) is 0 Å². The Morgan fingerprint density at radius 3 is 2.63 bits per heavy atom. The lowest BCUT2D eigenvalue weighted by atomic mass is 9.97. The van der Waals surface area contributed by atoms with Crippen LogP contribution in [-0.2, 0) is 12.1 Å². The number of nitrogens with zero attached hydrogens (tertiary/aromatic N) is 6. The van der Waals surface area contributed by atoms with E-state index in [2.05, 4.69) is 36.4 Å². The molecule has 0 atom stereocenters. The monoisotopic (exact) mass is 512 g/mol. The summed E-state index contributed by atoms with van der Waals surface area (Å²) in [5.74, 6) is 5.99. The number of hydrogen-bond donors (Lipinski definition) is 4. The Morgan fingerprint density at radius 1 is 1.16 bits per heavy atom.